The summed E-state index contributed by atoms with van der Waals surface area (Å²) in [6, 6.07) is 2.28. The number of hydrogen-bond donors (Lipinski definition) is 0. The van der Waals surface area contributed by atoms with Crippen LogP contribution >= 0.6 is 0 Å². The van der Waals surface area contributed by atoms with Gasteiger partial charge >= 0.3 is 0 Å². The number of hydrogen-bond acceptors (Lipinski definition) is 2. The summed E-state index contributed by atoms with van der Waals surface area (Å²) in [4.78, 5) is 0. The molecule has 12 heavy (non-hydrogen) atoms. The average Bonchev–Trinajstić information content (AvgIpc) is 2.02. The Morgan fingerprint density at radius 2 is 1.67 bits per heavy atom. The third kappa shape index (κ3) is 4.35. The lowest BCUT2D eigenvalue weighted by Crippen LogP contribution is -2.25. The van der Waals surface area contributed by atoms with E-state index in [2.05, 4.69) is 6.07 Å². The van der Waals surface area contributed by atoms with E-state index in [1.807, 2.05) is 27.7 Å². The van der Waals surface area contributed by atoms with Gasteiger partial charge in [-0.3, -0.25) is 0 Å². The molecule has 0 rings (SSSR count). The van der Waals surface area contributed by atoms with Gasteiger partial charge in [0.15, 0.2) is 0 Å². The molecule has 0 saturated carbocycles. The Kier molecular flexibility index (Phi) is 3.73. The van der Waals surface area contributed by atoms with Crippen molar-refractivity contribution in [1.82, 2.24) is 0 Å². The summed E-state index contributed by atoms with van der Waals surface area (Å²) in [5.41, 5.74) is -0.329. The van der Waals surface area contributed by atoms with Crippen molar-refractivity contribution in [2.75, 3.05) is 7.11 Å². The first-order valence-corrected chi connectivity index (χ1v) is 4.29. The fraction of sp³-hybridized carbons (Fsp3) is 0.900. The maximum Gasteiger partial charge on any atom is 0.0683 e. The van der Waals surface area contributed by atoms with Crippen molar-refractivity contribution in [2.24, 2.45) is 5.41 Å². The van der Waals surface area contributed by atoms with E-state index in [1.54, 1.807) is 7.11 Å². The summed E-state index contributed by atoms with van der Waals surface area (Å²) in [6.45, 7) is 8.00. The van der Waals surface area contributed by atoms with E-state index in [9.17, 15) is 0 Å². The lowest BCUT2D eigenvalue weighted by Gasteiger charge is -2.26. The van der Waals surface area contributed by atoms with Gasteiger partial charge < -0.3 is 4.74 Å². The number of nitrogens with zero attached hydrogens (tertiary/aromatic N) is 1. The summed E-state index contributed by atoms with van der Waals surface area (Å²) in [7, 11) is 1.71. The molecule has 0 atom stereocenters. The minimum atomic E-state index is -0.226. The smallest absolute Gasteiger partial charge is 0.0683 e. The predicted octanol–water partition coefficient (Wildman–Crippen LogP) is 2.74. The maximum atomic E-state index is 8.77. The number of rotatable bonds is 4. The van der Waals surface area contributed by atoms with E-state index < -0.39 is 0 Å². The molecule has 0 fully saturated rings. The van der Waals surface area contributed by atoms with Crippen LogP contribution in [0, 0.1) is 16.7 Å². The van der Waals surface area contributed by atoms with Gasteiger partial charge in [0.05, 0.1) is 17.1 Å². The lowest BCUT2D eigenvalue weighted by molar-refractivity contribution is 0.00880. The zero-order valence-electron chi connectivity index (χ0n) is 8.77. The highest BCUT2D eigenvalue weighted by molar-refractivity contribution is 4.92. The molecular formula is C10H19NO. The van der Waals surface area contributed by atoms with E-state index in [-0.39, 0.29) is 11.0 Å². The van der Waals surface area contributed by atoms with Crippen molar-refractivity contribution in [2.45, 2.75) is 46.1 Å². The Hall–Kier alpha value is -0.550. The van der Waals surface area contributed by atoms with E-state index >= 15 is 0 Å². The van der Waals surface area contributed by atoms with Gasteiger partial charge in [0.2, 0.25) is 0 Å². The van der Waals surface area contributed by atoms with E-state index in [0.29, 0.717) is 0 Å². The molecule has 0 heterocycles. The highest BCUT2D eigenvalue weighted by Gasteiger charge is 2.23. The Bertz CT molecular complexity index is 177. The molecule has 2 nitrogen and oxygen atoms in total. The van der Waals surface area contributed by atoms with Crippen LogP contribution in [-0.2, 0) is 4.74 Å². The predicted molar refractivity (Wildman–Crippen MR) is 49.7 cm³/mol. The third-order valence-electron chi connectivity index (χ3n) is 2.21. The van der Waals surface area contributed by atoms with Crippen molar-refractivity contribution >= 4 is 0 Å². The first kappa shape index (κ1) is 11.4. The molecule has 0 saturated heterocycles. The van der Waals surface area contributed by atoms with Gasteiger partial charge in [-0.2, -0.15) is 5.26 Å². The molecule has 0 aliphatic rings. The number of ether oxygens (including phenoxy) is 1. The Labute approximate surface area is 75.5 Å². The molecule has 0 aliphatic carbocycles. The molecule has 0 aromatic heterocycles. The minimum Gasteiger partial charge on any atom is -0.379 e. The summed E-state index contributed by atoms with van der Waals surface area (Å²) in [5.74, 6) is 0. The van der Waals surface area contributed by atoms with Crippen LogP contribution in [0.1, 0.15) is 40.5 Å². The molecule has 0 aromatic rings. The van der Waals surface area contributed by atoms with Crippen molar-refractivity contribution in [3.05, 3.63) is 0 Å². The van der Waals surface area contributed by atoms with E-state index in [0.717, 1.165) is 12.8 Å². The van der Waals surface area contributed by atoms with Crippen LogP contribution in [0.3, 0.4) is 0 Å². The van der Waals surface area contributed by atoms with Crippen LogP contribution in [-0.4, -0.2) is 12.7 Å². The normalized spacial score (nSPS) is 12.7. The van der Waals surface area contributed by atoms with Crippen LogP contribution in [0.4, 0.5) is 0 Å². The van der Waals surface area contributed by atoms with E-state index in [4.69, 9.17) is 10.00 Å². The summed E-state index contributed by atoms with van der Waals surface area (Å²) >= 11 is 0. The maximum absolute atomic E-state index is 8.77. The van der Waals surface area contributed by atoms with Gasteiger partial charge in [0.25, 0.3) is 0 Å². The van der Waals surface area contributed by atoms with Crippen molar-refractivity contribution in [3.63, 3.8) is 0 Å². The van der Waals surface area contributed by atoms with E-state index in [1.165, 1.54) is 0 Å². The fourth-order valence-electron chi connectivity index (χ4n) is 0.771. The van der Waals surface area contributed by atoms with Crippen molar-refractivity contribution < 1.29 is 4.74 Å². The number of methoxy groups -OCH3 is 1. The second-order valence-corrected chi connectivity index (χ2v) is 4.46. The fourth-order valence-corrected chi connectivity index (χ4v) is 0.771. The standard InChI is InChI=1S/C10H19NO/c1-9(2,8-11)6-7-10(3,4)12-5/h6-7H2,1-5H3. The van der Waals surface area contributed by atoms with Gasteiger partial charge in [0, 0.05) is 7.11 Å². The molecular weight excluding hydrogens is 150 g/mol. The minimum absolute atomic E-state index is 0.103. The van der Waals surface area contributed by atoms with Crippen LogP contribution in [0.15, 0.2) is 0 Å². The molecule has 0 radical (unpaired) electrons. The average molecular weight is 169 g/mol. The zero-order valence-corrected chi connectivity index (χ0v) is 8.77. The Morgan fingerprint density at radius 1 is 1.17 bits per heavy atom. The van der Waals surface area contributed by atoms with Gasteiger partial charge in [-0.1, -0.05) is 0 Å². The first-order chi connectivity index (χ1) is 5.33. The second-order valence-electron chi connectivity index (χ2n) is 4.46. The largest absolute Gasteiger partial charge is 0.379 e. The number of nitriles is 1. The quantitative estimate of drug-likeness (QED) is 0.648. The first-order valence-electron chi connectivity index (χ1n) is 4.29. The van der Waals surface area contributed by atoms with Gasteiger partial charge in [-0.15, -0.1) is 0 Å². The molecule has 0 unspecified atom stereocenters. The lowest BCUT2D eigenvalue weighted by atomic mass is 9.85. The zero-order chi connectivity index (χ0) is 9.83. The monoisotopic (exact) mass is 169 g/mol. The van der Waals surface area contributed by atoms with Crippen LogP contribution in [0.25, 0.3) is 0 Å². The molecule has 0 amide bonds. The van der Waals surface area contributed by atoms with Crippen LogP contribution in [0.2, 0.25) is 0 Å². The SMILES string of the molecule is COC(C)(C)CCC(C)(C)C#N. The highest BCUT2D eigenvalue weighted by atomic mass is 16.5. The Balaban J connectivity index is 3.93. The third-order valence-corrected chi connectivity index (χ3v) is 2.21. The van der Waals surface area contributed by atoms with Crippen molar-refractivity contribution in [3.8, 4) is 6.07 Å². The molecule has 0 aliphatic heterocycles. The Morgan fingerprint density at radius 3 is 2.00 bits per heavy atom. The van der Waals surface area contributed by atoms with Crippen molar-refractivity contribution in [1.29, 1.82) is 5.26 Å². The van der Waals surface area contributed by atoms with Crippen LogP contribution < -0.4 is 0 Å². The van der Waals surface area contributed by atoms with Crippen LogP contribution in [0.5, 0.6) is 0 Å². The molecule has 2 heteroatoms. The molecule has 0 N–H and O–H groups in total. The summed E-state index contributed by atoms with van der Waals surface area (Å²) in [6.07, 6.45) is 1.80. The molecule has 70 valence electrons. The molecule has 0 aromatic carbocycles. The summed E-state index contributed by atoms with van der Waals surface area (Å²) in [5, 5.41) is 8.77. The second kappa shape index (κ2) is 3.91. The van der Waals surface area contributed by atoms with Gasteiger partial charge in [0.1, 0.15) is 0 Å². The molecule has 0 bridgehead atoms. The highest BCUT2D eigenvalue weighted by Crippen LogP contribution is 2.26. The van der Waals surface area contributed by atoms with Gasteiger partial charge in [-0.25, -0.2) is 0 Å². The molecule has 0 spiro atoms. The van der Waals surface area contributed by atoms with Gasteiger partial charge in [-0.05, 0) is 40.5 Å². The topological polar surface area (TPSA) is 33.0 Å². The summed E-state index contributed by atoms with van der Waals surface area (Å²) < 4.78 is 5.27.